The molecule has 2 nitrogen and oxygen atoms in total. The molecule has 0 radical (unpaired) electrons. The fourth-order valence-corrected chi connectivity index (χ4v) is 2.97. The van der Waals surface area contributed by atoms with Crippen LogP contribution in [0, 0.1) is 0 Å². The first kappa shape index (κ1) is 11.0. The topological polar surface area (TPSA) is 38.9 Å². The maximum atomic E-state index is 6.32. The number of fused-ring (bicyclic) bond motifs is 2. The molecule has 2 aromatic rings. The van der Waals surface area contributed by atoms with Crippen LogP contribution < -0.4 is 5.73 Å². The van der Waals surface area contributed by atoms with Crippen molar-refractivity contribution in [2.45, 2.75) is 32.1 Å². The molecule has 0 aliphatic heterocycles. The predicted molar refractivity (Wildman–Crippen MR) is 75.1 cm³/mol. The molecule has 88 valence electrons. The Morgan fingerprint density at radius 2 is 1.94 bits per heavy atom. The lowest BCUT2D eigenvalue weighted by molar-refractivity contribution is 0.709. The van der Waals surface area contributed by atoms with E-state index in [2.05, 4.69) is 22.0 Å². The highest BCUT2D eigenvalue weighted by Crippen LogP contribution is 2.31. The fraction of sp³-hybridized carbons (Fsp3) is 0.357. The number of benzene rings is 1. The van der Waals surface area contributed by atoms with E-state index in [1.807, 2.05) is 12.1 Å². The summed E-state index contributed by atoms with van der Waals surface area (Å²) in [6, 6.07) is 6.14. The number of aromatic nitrogens is 1. The summed E-state index contributed by atoms with van der Waals surface area (Å²) in [5, 5.41) is 1.08. The number of hydrogen-bond donors (Lipinski definition) is 1. The molecule has 0 spiro atoms. The summed E-state index contributed by atoms with van der Waals surface area (Å²) in [5.41, 5.74) is 10.8. The van der Waals surface area contributed by atoms with Crippen molar-refractivity contribution >= 4 is 32.5 Å². The molecule has 1 aliphatic rings. The Hall–Kier alpha value is -1.09. The number of pyridine rings is 1. The van der Waals surface area contributed by atoms with Gasteiger partial charge in [-0.05, 0) is 49.4 Å². The van der Waals surface area contributed by atoms with Crippen molar-refractivity contribution in [3.8, 4) is 0 Å². The van der Waals surface area contributed by atoms with Crippen molar-refractivity contribution < 1.29 is 0 Å². The van der Waals surface area contributed by atoms with Crippen LogP contribution in [0.25, 0.3) is 10.9 Å². The first-order valence-corrected chi connectivity index (χ1v) is 6.91. The number of nitrogens with zero attached hydrogens (tertiary/aromatic N) is 1. The van der Waals surface area contributed by atoms with Crippen LogP contribution >= 0.6 is 15.9 Å². The number of hydrogen-bond acceptors (Lipinski definition) is 2. The Balaban J connectivity index is 2.29. The lowest BCUT2D eigenvalue weighted by Gasteiger charge is -2.12. The second-order valence-corrected chi connectivity index (χ2v) is 5.59. The Morgan fingerprint density at radius 3 is 2.82 bits per heavy atom. The zero-order valence-corrected chi connectivity index (χ0v) is 11.3. The first-order chi connectivity index (χ1) is 8.25. The van der Waals surface area contributed by atoms with E-state index in [0.717, 1.165) is 33.9 Å². The minimum absolute atomic E-state index is 0.938. The molecule has 17 heavy (non-hydrogen) atoms. The predicted octanol–water partition coefficient (Wildman–Crippen LogP) is 3.85. The van der Waals surface area contributed by atoms with Gasteiger partial charge in [0.15, 0.2) is 0 Å². The van der Waals surface area contributed by atoms with E-state index < -0.39 is 0 Å². The molecule has 0 unspecified atom stereocenters. The number of anilines is 1. The highest BCUT2D eigenvalue weighted by Gasteiger charge is 2.15. The van der Waals surface area contributed by atoms with Crippen molar-refractivity contribution in [2.75, 3.05) is 5.73 Å². The van der Waals surface area contributed by atoms with Gasteiger partial charge in [0.05, 0.1) is 5.52 Å². The van der Waals surface area contributed by atoms with Crippen LogP contribution in [0.2, 0.25) is 0 Å². The number of halogens is 1. The minimum atomic E-state index is 0.938. The third-order valence-electron chi connectivity index (χ3n) is 3.52. The SMILES string of the molecule is Nc1c2c(nc3ccc(Br)cc13)CCCCC2. The fourth-order valence-electron chi connectivity index (χ4n) is 2.61. The van der Waals surface area contributed by atoms with Gasteiger partial charge in [-0.25, -0.2) is 0 Å². The Bertz CT molecular complexity index is 578. The summed E-state index contributed by atoms with van der Waals surface area (Å²) in [4.78, 5) is 4.78. The van der Waals surface area contributed by atoms with E-state index in [-0.39, 0.29) is 0 Å². The molecule has 0 fully saturated rings. The Morgan fingerprint density at radius 1 is 1.12 bits per heavy atom. The van der Waals surface area contributed by atoms with Gasteiger partial charge in [-0.3, -0.25) is 4.98 Å². The molecule has 2 N–H and O–H groups in total. The summed E-state index contributed by atoms with van der Waals surface area (Å²) in [5.74, 6) is 0. The molecule has 0 bridgehead atoms. The molecular weight excluding hydrogens is 276 g/mol. The molecule has 0 saturated carbocycles. The van der Waals surface area contributed by atoms with E-state index >= 15 is 0 Å². The third-order valence-corrected chi connectivity index (χ3v) is 4.01. The summed E-state index contributed by atoms with van der Waals surface area (Å²) in [6.07, 6.45) is 5.91. The van der Waals surface area contributed by atoms with Crippen LogP contribution in [0.3, 0.4) is 0 Å². The van der Waals surface area contributed by atoms with E-state index in [4.69, 9.17) is 10.7 Å². The van der Waals surface area contributed by atoms with Crippen LogP contribution in [-0.4, -0.2) is 4.98 Å². The van der Waals surface area contributed by atoms with Gasteiger partial charge in [-0.1, -0.05) is 22.4 Å². The highest BCUT2D eigenvalue weighted by atomic mass is 79.9. The quantitative estimate of drug-likeness (QED) is 0.749. The van der Waals surface area contributed by atoms with E-state index in [0.29, 0.717) is 0 Å². The van der Waals surface area contributed by atoms with Gasteiger partial charge >= 0.3 is 0 Å². The van der Waals surface area contributed by atoms with Crippen LogP contribution in [-0.2, 0) is 12.8 Å². The monoisotopic (exact) mass is 290 g/mol. The number of nitrogens with two attached hydrogens (primary N) is 1. The summed E-state index contributed by atoms with van der Waals surface area (Å²) in [7, 11) is 0. The molecule has 1 aliphatic carbocycles. The van der Waals surface area contributed by atoms with E-state index in [1.54, 1.807) is 0 Å². The lowest BCUT2D eigenvalue weighted by atomic mass is 10.0. The maximum absolute atomic E-state index is 6.32. The largest absolute Gasteiger partial charge is 0.398 e. The van der Waals surface area contributed by atoms with Crippen LogP contribution in [0.15, 0.2) is 22.7 Å². The third kappa shape index (κ3) is 1.93. The lowest BCUT2D eigenvalue weighted by Crippen LogP contribution is -2.02. The molecule has 1 aromatic carbocycles. The smallest absolute Gasteiger partial charge is 0.0727 e. The van der Waals surface area contributed by atoms with Crippen LogP contribution in [0.1, 0.15) is 30.5 Å². The molecule has 3 heteroatoms. The Labute approximate surface area is 109 Å². The van der Waals surface area contributed by atoms with Crippen molar-refractivity contribution in [1.29, 1.82) is 0 Å². The van der Waals surface area contributed by atoms with Gasteiger partial charge in [0.1, 0.15) is 0 Å². The summed E-state index contributed by atoms with van der Waals surface area (Å²) in [6.45, 7) is 0. The molecule has 0 atom stereocenters. The second kappa shape index (κ2) is 4.30. The van der Waals surface area contributed by atoms with Crippen LogP contribution in [0.4, 0.5) is 5.69 Å². The summed E-state index contributed by atoms with van der Waals surface area (Å²) >= 11 is 3.49. The van der Waals surface area contributed by atoms with Gasteiger partial charge in [0, 0.05) is 21.2 Å². The average molecular weight is 291 g/mol. The molecule has 1 aromatic heterocycles. The standard InChI is InChI=1S/C14H15BrN2/c15-9-6-7-13-11(8-9)14(16)10-4-2-1-3-5-12(10)17-13/h6-8H,1-5H2,(H2,16,17). The van der Waals surface area contributed by atoms with Gasteiger partial charge in [0.25, 0.3) is 0 Å². The van der Waals surface area contributed by atoms with E-state index in [9.17, 15) is 0 Å². The second-order valence-electron chi connectivity index (χ2n) is 4.67. The van der Waals surface area contributed by atoms with Crippen molar-refractivity contribution in [3.63, 3.8) is 0 Å². The van der Waals surface area contributed by atoms with Crippen LogP contribution in [0.5, 0.6) is 0 Å². The number of rotatable bonds is 0. The highest BCUT2D eigenvalue weighted by molar-refractivity contribution is 9.10. The molecule has 0 saturated heterocycles. The van der Waals surface area contributed by atoms with Gasteiger partial charge in [-0.2, -0.15) is 0 Å². The van der Waals surface area contributed by atoms with Crippen molar-refractivity contribution in [1.82, 2.24) is 4.98 Å². The molecule has 0 amide bonds. The zero-order valence-electron chi connectivity index (χ0n) is 9.67. The molecular formula is C14H15BrN2. The average Bonchev–Trinajstić information content (AvgIpc) is 2.56. The van der Waals surface area contributed by atoms with Crippen molar-refractivity contribution in [2.24, 2.45) is 0 Å². The normalized spacial score (nSPS) is 15.6. The van der Waals surface area contributed by atoms with Gasteiger partial charge in [-0.15, -0.1) is 0 Å². The zero-order chi connectivity index (χ0) is 11.8. The minimum Gasteiger partial charge on any atom is -0.398 e. The Kier molecular flexibility index (Phi) is 2.79. The molecule has 1 heterocycles. The molecule has 3 rings (SSSR count). The van der Waals surface area contributed by atoms with Gasteiger partial charge in [0.2, 0.25) is 0 Å². The van der Waals surface area contributed by atoms with Gasteiger partial charge < -0.3 is 5.73 Å². The van der Waals surface area contributed by atoms with E-state index in [1.165, 1.54) is 30.5 Å². The summed E-state index contributed by atoms with van der Waals surface area (Å²) < 4.78 is 1.06. The number of nitrogen functional groups attached to an aromatic ring is 1. The number of aryl methyl sites for hydroxylation is 1. The maximum Gasteiger partial charge on any atom is 0.0727 e. The first-order valence-electron chi connectivity index (χ1n) is 6.12. The van der Waals surface area contributed by atoms with Crippen molar-refractivity contribution in [3.05, 3.63) is 33.9 Å².